The number of para-hydroxylation sites is 1. The van der Waals surface area contributed by atoms with Crippen molar-refractivity contribution in [2.75, 3.05) is 19.6 Å². The molecular weight excluding hydrogens is 276 g/mol. The van der Waals surface area contributed by atoms with Crippen LogP contribution in [0.5, 0.6) is 5.75 Å². The molecule has 0 unspecified atom stereocenters. The van der Waals surface area contributed by atoms with Gasteiger partial charge < -0.3 is 15.4 Å². The summed E-state index contributed by atoms with van der Waals surface area (Å²) in [6.45, 7) is 2.23. The molecule has 4 nitrogen and oxygen atoms in total. The van der Waals surface area contributed by atoms with Crippen LogP contribution in [0, 0.1) is 5.92 Å². The molecule has 1 atom stereocenters. The highest BCUT2D eigenvalue weighted by molar-refractivity contribution is 5.97. The molecule has 0 spiro atoms. The second-order valence-corrected chi connectivity index (χ2v) is 6.52. The fraction of sp³-hybridized carbons (Fsp3) is 0.611. The van der Waals surface area contributed by atoms with Crippen molar-refractivity contribution >= 4 is 5.91 Å². The highest BCUT2D eigenvalue weighted by Crippen LogP contribution is 2.28. The number of carbonyl (C=O) groups excluding carboxylic acids is 1. The molecule has 1 saturated heterocycles. The molecule has 1 amide bonds. The third kappa shape index (κ3) is 3.43. The van der Waals surface area contributed by atoms with Crippen LogP contribution in [-0.2, 0) is 0 Å². The maximum atomic E-state index is 12.8. The summed E-state index contributed by atoms with van der Waals surface area (Å²) in [6.07, 6.45) is 7.22. The van der Waals surface area contributed by atoms with Crippen LogP contribution in [0.4, 0.5) is 0 Å². The molecule has 1 aliphatic heterocycles. The molecular formula is C18H26N2O2. The van der Waals surface area contributed by atoms with Gasteiger partial charge >= 0.3 is 0 Å². The fourth-order valence-corrected chi connectivity index (χ4v) is 3.49. The number of benzene rings is 1. The molecule has 1 aromatic rings. The number of ether oxygens (including phenoxy) is 1. The molecule has 1 saturated carbocycles. The number of hydrogen-bond acceptors (Lipinski definition) is 3. The Labute approximate surface area is 132 Å². The molecule has 1 heterocycles. The van der Waals surface area contributed by atoms with Gasteiger partial charge in [-0.2, -0.15) is 0 Å². The summed E-state index contributed by atoms with van der Waals surface area (Å²) < 4.78 is 6.15. The van der Waals surface area contributed by atoms with E-state index in [4.69, 9.17) is 10.5 Å². The number of hydrogen-bond donors (Lipinski definition) is 1. The molecule has 0 radical (unpaired) electrons. The van der Waals surface area contributed by atoms with Crippen LogP contribution in [0.3, 0.4) is 0 Å². The van der Waals surface area contributed by atoms with Crippen molar-refractivity contribution in [2.24, 2.45) is 11.7 Å². The lowest BCUT2D eigenvalue weighted by Gasteiger charge is -2.25. The van der Waals surface area contributed by atoms with Gasteiger partial charge in [-0.15, -0.1) is 0 Å². The number of carbonyl (C=O) groups is 1. The number of nitrogens with zero attached hydrogens (tertiary/aromatic N) is 1. The number of amides is 1. The van der Waals surface area contributed by atoms with Crippen LogP contribution in [0.25, 0.3) is 0 Å². The molecule has 120 valence electrons. The Hall–Kier alpha value is -1.55. The van der Waals surface area contributed by atoms with E-state index in [-0.39, 0.29) is 12.0 Å². The summed E-state index contributed by atoms with van der Waals surface area (Å²) in [4.78, 5) is 14.7. The fourth-order valence-electron chi connectivity index (χ4n) is 3.49. The van der Waals surface area contributed by atoms with Gasteiger partial charge in [-0.1, -0.05) is 18.6 Å². The van der Waals surface area contributed by atoms with Gasteiger partial charge in [0, 0.05) is 13.1 Å². The molecule has 2 N–H and O–H groups in total. The zero-order valence-corrected chi connectivity index (χ0v) is 13.2. The van der Waals surface area contributed by atoms with E-state index in [9.17, 15) is 4.79 Å². The maximum absolute atomic E-state index is 12.8. The van der Waals surface area contributed by atoms with E-state index in [1.807, 2.05) is 29.2 Å². The topological polar surface area (TPSA) is 55.6 Å². The van der Waals surface area contributed by atoms with Crippen LogP contribution < -0.4 is 10.5 Å². The van der Waals surface area contributed by atoms with Gasteiger partial charge in [0.25, 0.3) is 5.91 Å². The first-order valence-corrected chi connectivity index (χ1v) is 8.53. The summed E-state index contributed by atoms with van der Waals surface area (Å²) in [5, 5.41) is 0. The summed E-state index contributed by atoms with van der Waals surface area (Å²) in [5.41, 5.74) is 6.43. The smallest absolute Gasteiger partial charge is 0.257 e. The summed E-state index contributed by atoms with van der Waals surface area (Å²) in [5.74, 6) is 1.27. The lowest BCUT2D eigenvalue weighted by atomic mass is 9.97. The van der Waals surface area contributed by atoms with Crippen molar-refractivity contribution < 1.29 is 9.53 Å². The standard InChI is InChI=1S/C18H26N2O2/c19-12-14-10-11-20(13-14)18(21)16-8-4-5-9-17(16)22-15-6-2-1-3-7-15/h4-5,8-9,14-15H,1-3,6-7,10-13,19H2/t14-/m1/s1. The van der Waals surface area contributed by atoms with Crippen LogP contribution in [0.2, 0.25) is 0 Å². The Bertz CT molecular complexity index is 512. The van der Waals surface area contributed by atoms with E-state index in [0.29, 0.717) is 18.0 Å². The third-order valence-electron chi connectivity index (χ3n) is 4.87. The predicted octanol–water partition coefficient (Wildman–Crippen LogP) is 2.82. The second-order valence-electron chi connectivity index (χ2n) is 6.52. The largest absolute Gasteiger partial charge is 0.490 e. The molecule has 22 heavy (non-hydrogen) atoms. The Kier molecular flexibility index (Phi) is 4.98. The Morgan fingerprint density at radius 3 is 2.68 bits per heavy atom. The first-order valence-electron chi connectivity index (χ1n) is 8.53. The van der Waals surface area contributed by atoms with Crippen molar-refractivity contribution in [3.8, 4) is 5.75 Å². The Morgan fingerprint density at radius 2 is 1.95 bits per heavy atom. The lowest BCUT2D eigenvalue weighted by molar-refractivity contribution is 0.0776. The average Bonchev–Trinajstić information content (AvgIpc) is 3.05. The third-order valence-corrected chi connectivity index (χ3v) is 4.87. The first kappa shape index (κ1) is 15.3. The van der Waals surface area contributed by atoms with Crippen molar-refractivity contribution in [3.05, 3.63) is 29.8 Å². The minimum atomic E-state index is 0.0855. The minimum absolute atomic E-state index is 0.0855. The first-order chi connectivity index (χ1) is 10.8. The summed E-state index contributed by atoms with van der Waals surface area (Å²) in [7, 11) is 0. The average molecular weight is 302 g/mol. The van der Waals surface area contributed by atoms with Gasteiger partial charge in [-0.3, -0.25) is 4.79 Å². The zero-order valence-electron chi connectivity index (χ0n) is 13.2. The monoisotopic (exact) mass is 302 g/mol. The summed E-state index contributed by atoms with van der Waals surface area (Å²) >= 11 is 0. The molecule has 1 aromatic carbocycles. The van der Waals surface area contributed by atoms with E-state index < -0.39 is 0 Å². The maximum Gasteiger partial charge on any atom is 0.257 e. The van der Waals surface area contributed by atoms with Crippen molar-refractivity contribution in [1.29, 1.82) is 0 Å². The number of nitrogens with two attached hydrogens (primary N) is 1. The Morgan fingerprint density at radius 1 is 1.18 bits per heavy atom. The van der Waals surface area contributed by atoms with Crippen LogP contribution >= 0.6 is 0 Å². The van der Waals surface area contributed by atoms with E-state index in [2.05, 4.69) is 0 Å². The molecule has 0 bridgehead atoms. The summed E-state index contributed by atoms with van der Waals surface area (Å²) in [6, 6.07) is 7.67. The SMILES string of the molecule is NC[C@H]1CCN(C(=O)c2ccccc2OC2CCCCC2)C1. The highest BCUT2D eigenvalue weighted by atomic mass is 16.5. The normalized spacial score (nSPS) is 22.8. The molecule has 0 aromatic heterocycles. The molecule has 2 aliphatic rings. The van der Waals surface area contributed by atoms with E-state index in [0.717, 1.165) is 38.1 Å². The highest BCUT2D eigenvalue weighted by Gasteiger charge is 2.28. The van der Waals surface area contributed by atoms with E-state index in [1.54, 1.807) is 0 Å². The van der Waals surface area contributed by atoms with Gasteiger partial charge in [0.15, 0.2) is 0 Å². The molecule has 4 heteroatoms. The van der Waals surface area contributed by atoms with Gasteiger partial charge in [-0.05, 0) is 56.7 Å². The number of likely N-dealkylation sites (tertiary alicyclic amines) is 1. The zero-order chi connectivity index (χ0) is 15.4. The lowest BCUT2D eigenvalue weighted by Crippen LogP contribution is -2.30. The quantitative estimate of drug-likeness (QED) is 0.930. The van der Waals surface area contributed by atoms with Gasteiger partial charge in [-0.25, -0.2) is 0 Å². The van der Waals surface area contributed by atoms with Gasteiger partial charge in [0.05, 0.1) is 11.7 Å². The van der Waals surface area contributed by atoms with Crippen LogP contribution in [-0.4, -0.2) is 36.5 Å². The predicted molar refractivity (Wildman–Crippen MR) is 87.0 cm³/mol. The van der Waals surface area contributed by atoms with Crippen molar-refractivity contribution in [2.45, 2.75) is 44.6 Å². The van der Waals surface area contributed by atoms with Crippen LogP contribution in [0.15, 0.2) is 24.3 Å². The number of rotatable bonds is 4. The van der Waals surface area contributed by atoms with Gasteiger partial charge in [0.1, 0.15) is 5.75 Å². The Balaban J connectivity index is 1.71. The van der Waals surface area contributed by atoms with Gasteiger partial charge in [0.2, 0.25) is 0 Å². The molecule has 2 fully saturated rings. The van der Waals surface area contributed by atoms with Crippen molar-refractivity contribution in [1.82, 2.24) is 4.90 Å². The molecule has 1 aliphatic carbocycles. The minimum Gasteiger partial charge on any atom is -0.490 e. The van der Waals surface area contributed by atoms with E-state index >= 15 is 0 Å². The van der Waals surface area contributed by atoms with Crippen LogP contribution in [0.1, 0.15) is 48.9 Å². The van der Waals surface area contributed by atoms with Crippen molar-refractivity contribution in [3.63, 3.8) is 0 Å². The molecule has 3 rings (SSSR count). The second kappa shape index (κ2) is 7.14. The van der Waals surface area contributed by atoms with E-state index in [1.165, 1.54) is 19.3 Å².